The molecule has 3 heteroatoms. The molecule has 1 aliphatic rings. The van der Waals surface area contributed by atoms with Crippen molar-refractivity contribution in [2.45, 2.75) is 31.5 Å². The van der Waals surface area contributed by atoms with Gasteiger partial charge in [-0.05, 0) is 23.7 Å². The second kappa shape index (κ2) is 4.33. The fourth-order valence-corrected chi connectivity index (χ4v) is 2.86. The minimum absolute atomic E-state index is 0.465. The van der Waals surface area contributed by atoms with Crippen LogP contribution in [0.3, 0.4) is 0 Å². The average molecular weight is 177 g/mol. The highest BCUT2D eigenvalue weighted by Gasteiger charge is 2.23. The van der Waals surface area contributed by atoms with Crippen molar-refractivity contribution in [1.82, 2.24) is 0 Å². The van der Waals surface area contributed by atoms with E-state index in [2.05, 4.69) is 6.26 Å². The maximum Gasteiger partial charge on any atom is 0.110 e. The summed E-state index contributed by atoms with van der Waals surface area (Å²) in [6.07, 6.45) is 3.93. The van der Waals surface area contributed by atoms with E-state index in [9.17, 15) is 10.2 Å². The number of hydrogen-bond acceptors (Lipinski definition) is 2. The van der Waals surface area contributed by atoms with Crippen LogP contribution < -0.4 is 0 Å². The van der Waals surface area contributed by atoms with Gasteiger partial charge in [-0.15, -0.1) is 0 Å². The fourth-order valence-electron chi connectivity index (χ4n) is 1.35. The molecule has 0 saturated carbocycles. The van der Waals surface area contributed by atoms with Gasteiger partial charge in [-0.3, -0.25) is 0 Å². The van der Waals surface area contributed by atoms with Gasteiger partial charge in [0.2, 0.25) is 0 Å². The summed E-state index contributed by atoms with van der Waals surface area (Å²) in [5.74, 6) is 2.31. The van der Waals surface area contributed by atoms with E-state index in [1.165, 1.54) is 5.75 Å². The molecule has 0 bridgehead atoms. The minimum Gasteiger partial charge on any atom is -0.390 e. The van der Waals surface area contributed by atoms with E-state index in [4.69, 9.17) is 0 Å². The molecule has 11 heavy (non-hydrogen) atoms. The van der Waals surface area contributed by atoms with Gasteiger partial charge in [0.1, 0.15) is 11.5 Å². The lowest BCUT2D eigenvalue weighted by molar-refractivity contribution is 0.0124. The largest absolute Gasteiger partial charge is 0.390 e. The topological polar surface area (TPSA) is 40.5 Å². The molecule has 3 unspecified atom stereocenters. The third-order valence-electron chi connectivity index (χ3n) is 2.20. The van der Waals surface area contributed by atoms with Gasteiger partial charge in [-0.2, -0.15) is 0 Å². The molecule has 0 aromatic carbocycles. The molecule has 3 atom stereocenters. The van der Waals surface area contributed by atoms with Crippen molar-refractivity contribution in [1.29, 1.82) is 0 Å². The first-order valence-corrected chi connectivity index (χ1v) is 6.12. The van der Waals surface area contributed by atoms with Crippen LogP contribution in [0.25, 0.3) is 0 Å². The van der Waals surface area contributed by atoms with Crippen LogP contribution in [0.15, 0.2) is 0 Å². The number of rotatable bonds is 0. The Morgan fingerprint density at radius 2 is 1.73 bits per heavy atom. The fraction of sp³-hybridized carbons (Fsp3) is 1.00. The zero-order chi connectivity index (χ0) is 8.27. The molecule has 66 valence electrons. The van der Waals surface area contributed by atoms with Crippen LogP contribution in [-0.2, 0) is 10.9 Å². The molecule has 0 aromatic heterocycles. The van der Waals surface area contributed by atoms with Crippen molar-refractivity contribution >= 4 is 10.9 Å². The van der Waals surface area contributed by atoms with Gasteiger partial charge in [-0.25, -0.2) is 0 Å². The predicted octanol–water partition coefficient (Wildman–Crippen LogP) is 0.140. The van der Waals surface area contributed by atoms with Crippen LogP contribution in [0.1, 0.15) is 19.3 Å². The molecule has 0 radical (unpaired) electrons. The van der Waals surface area contributed by atoms with Crippen molar-refractivity contribution in [3.8, 4) is 0 Å². The first-order chi connectivity index (χ1) is 5.20. The Morgan fingerprint density at radius 1 is 1.09 bits per heavy atom. The zero-order valence-electron chi connectivity index (χ0n) is 6.99. The number of aliphatic hydroxyl groups is 2. The normalized spacial score (nSPS) is 41.2. The summed E-state index contributed by atoms with van der Waals surface area (Å²) in [6, 6.07) is 0. The van der Waals surface area contributed by atoms with Gasteiger partial charge in [0, 0.05) is 6.42 Å². The van der Waals surface area contributed by atoms with Gasteiger partial charge in [-0.1, -0.05) is 0 Å². The van der Waals surface area contributed by atoms with Gasteiger partial charge >= 0.3 is 0 Å². The molecule has 1 heterocycles. The highest BCUT2D eigenvalue weighted by Crippen LogP contribution is 2.13. The highest BCUT2D eigenvalue weighted by molar-refractivity contribution is 7.96. The second-order valence-electron chi connectivity index (χ2n) is 3.26. The number of hydrogen-bond donors (Lipinski definition) is 2. The summed E-state index contributed by atoms with van der Waals surface area (Å²) in [6.45, 7) is 0. The van der Waals surface area contributed by atoms with Crippen molar-refractivity contribution in [3.05, 3.63) is 0 Å². The van der Waals surface area contributed by atoms with Gasteiger partial charge in [0.25, 0.3) is 0 Å². The van der Waals surface area contributed by atoms with Crippen molar-refractivity contribution in [2.75, 3.05) is 17.8 Å². The van der Waals surface area contributed by atoms with Crippen LogP contribution in [0.4, 0.5) is 0 Å². The van der Waals surface area contributed by atoms with Crippen LogP contribution in [-0.4, -0.2) is 40.2 Å². The molecule has 2 N–H and O–H groups in total. The van der Waals surface area contributed by atoms with Gasteiger partial charge in [0.05, 0.1) is 18.5 Å². The molecule has 1 aliphatic heterocycles. The van der Waals surface area contributed by atoms with Crippen LogP contribution in [0, 0.1) is 0 Å². The van der Waals surface area contributed by atoms with Crippen LogP contribution in [0.2, 0.25) is 0 Å². The molecular weight excluding hydrogens is 160 g/mol. The summed E-state index contributed by atoms with van der Waals surface area (Å²) in [5.41, 5.74) is 0. The summed E-state index contributed by atoms with van der Waals surface area (Å²) in [5, 5.41) is 18.7. The van der Waals surface area contributed by atoms with E-state index in [-0.39, 0.29) is 0 Å². The van der Waals surface area contributed by atoms with Crippen LogP contribution >= 0.6 is 0 Å². The van der Waals surface area contributed by atoms with Crippen LogP contribution in [0.5, 0.6) is 0 Å². The third-order valence-corrected chi connectivity index (χ3v) is 4.12. The van der Waals surface area contributed by atoms with E-state index >= 15 is 0 Å². The van der Waals surface area contributed by atoms with E-state index in [0.717, 1.165) is 25.0 Å². The molecule has 2 nitrogen and oxygen atoms in total. The zero-order valence-corrected chi connectivity index (χ0v) is 7.81. The lowest BCUT2D eigenvalue weighted by Gasteiger charge is -2.19. The monoisotopic (exact) mass is 177 g/mol. The Bertz CT molecular complexity index is 119. The van der Waals surface area contributed by atoms with Crippen molar-refractivity contribution < 1.29 is 10.2 Å². The molecule has 0 amide bonds. The lowest BCUT2D eigenvalue weighted by atomic mass is 10.1. The summed E-state index contributed by atoms with van der Waals surface area (Å²) in [7, 11) is 0.475. The quantitative estimate of drug-likeness (QED) is 0.517. The summed E-state index contributed by atoms with van der Waals surface area (Å²) >= 11 is 0. The third kappa shape index (κ3) is 3.01. The van der Waals surface area contributed by atoms with Crippen molar-refractivity contribution in [3.63, 3.8) is 0 Å². The van der Waals surface area contributed by atoms with E-state index < -0.39 is 12.2 Å². The SMILES string of the molecule is C[S+]1CCCC(O)C(O)CC1. The standard InChI is InChI=1S/C8H17O2S/c1-11-5-2-3-7(9)8(10)4-6-11/h7-10H,2-6H2,1H3/q+1. The number of aliphatic hydroxyl groups excluding tert-OH is 2. The molecule has 0 spiro atoms. The summed E-state index contributed by atoms with van der Waals surface area (Å²) in [4.78, 5) is 0. The molecule has 1 rings (SSSR count). The smallest absolute Gasteiger partial charge is 0.110 e. The Balaban J connectivity index is 2.34. The van der Waals surface area contributed by atoms with Crippen molar-refractivity contribution in [2.24, 2.45) is 0 Å². The predicted molar refractivity (Wildman–Crippen MR) is 48.9 cm³/mol. The maximum absolute atomic E-state index is 9.35. The highest BCUT2D eigenvalue weighted by atomic mass is 32.2. The van der Waals surface area contributed by atoms with E-state index in [0.29, 0.717) is 10.9 Å². The minimum atomic E-state index is -0.467. The molecule has 1 saturated heterocycles. The lowest BCUT2D eigenvalue weighted by Crippen LogP contribution is -2.31. The van der Waals surface area contributed by atoms with E-state index in [1.54, 1.807) is 0 Å². The Kier molecular flexibility index (Phi) is 3.69. The Morgan fingerprint density at radius 3 is 2.45 bits per heavy atom. The first-order valence-electron chi connectivity index (χ1n) is 4.15. The molecule has 0 aromatic rings. The Labute approximate surface area is 71.0 Å². The Hall–Kier alpha value is 0.270. The van der Waals surface area contributed by atoms with Gasteiger partial charge < -0.3 is 10.2 Å². The van der Waals surface area contributed by atoms with E-state index in [1.807, 2.05) is 0 Å². The molecular formula is C8H17O2S+. The summed E-state index contributed by atoms with van der Waals surface area (Å²) < 4.78 is 0. The molecule has 1 fully saturated rings. The molecule has 0 aliphatic carbocycles. The average Bonchev–Trinajstić information content (AvgIpc) is 1.98. The second-order valence-corrected chi connectivity index (χ2v) is 5.63. The first kappa shape index (κ1) is 9.36. The van der Waals surface area contributed by atoms with Gasteiger partial charge in [0.15, 0.2) is 0 Å². The maximum atomic E-state index is 9.35.